The van der Waals surface area contributed by atoms with Crippen LogP contribution in [0.1, 0.15) is 0 Å². The van der Waals surface area contributed by atoms with E-state index in [9.17, 15) is 0 Å². The van der Waals surface area contributed by atoms with E-state index in [-0.39, 0.29) is 0 Å². The van der Waals surface area contributed by atoms with Crippen molar-refractivity contribution in [2.24, 2.45) is 0 Å². The Bertz CT molecular complexity index is 2420. The molecule has 3 nitrogen and oxygen atoms in total. The smallest absolute Gasteiger partial charge is 0.0723 e. The van der Waals surface area contributed by atoms with Crippen molar-refractivity contribution in [3.63, 3.8) is 0 Å². The van der Waals surface area contributed by atoms with E-state index in [0.717, 1.165) is 11.1 Å². The molecule has 40 heavy (non-hydrogen) atoms. The van der Waals surface area contributed by atoms with Crippen molar-refractivity contribution in [1.29, 1.82) is 0 Å². The van der Waals surface area contributed by atoms with Crippen LogP contribution in [0, 0.1) is 0 Å². The molecule has 0 fully saturated rings. The van der Waals surface area contributed by atoms with Crippen LogP contribution >= 0.6 is 0 Å². The van der Waals surface area contributed by atoms with Crippen LogP contribution in [0.4, 0.5) is 0 Å². The number of pyridine rings is 1. The third kappa shape index (κ3) is 2.92. The van der Waals surface area contributed by atoms with E-state index in [1.165, 1.54) is 65.5 Å². The maximum atomic E-state index is 4.63. The van der Waals surface area contributed by atoms with Crippen LogP contribution < -0.4 is 0 Å². The number of para-hydroxylation sites is 3. The number of benzene rings is 6. The summed E-state index contributed by atoms with van der Waals surface area (Å²) in [6.45, 7) is 0. The SMILES string of the molecule is c1ccc(-n2c3ccccc3c3cc4cc5c6ccccc6n(-c6cncc7ccccc67)c5cc4cc32)cc1. The predicted molar refractivity (Wildman–Crippen MR) is 168 cm³/mol. The number of hydrogen-bond donors (Lipinski definition) is 0. The Kier molecular flexibility index (Phi) is 4.33. The van der Waals surface area contributed by atoms with Gasteiger partial charge in [-0.15, -0.1) is 0 Å². The second-order valence-corrected chi connectivity index (χ2v) is 10.5. The standard InChI is InChI=1S/C37H23N3/c1-2-11-27(12-3-1)39-33-16-8-6-14-29(33)31-18-25-19-32-30-15-7-9-17-34(30)40(36(32)21-26(25)20-35(31)39)37-23-38-22-24-10-4-5-13-28(24)37/h1-23H. The maximum absolute atomic E-state index is 4.63. The van der Waals surface area contributed by atoms with Gasteiger partial charge in [-0.3, -0.25) is 4.98 Å². The van der Waals surface area contributed by atoms with Crippen LogP contribution in [0.15, 0.2) is 140 Å². The molecule has 186 valence electrons. The Labute approximate surface area is 230 Å². The maximum Gasteiger partial charge on any atom is 0.0723 e. The van der Waals surface area contributed by atoms with Crippen molar-refractivity contribution in [3.05, 3.63) is 140 Å². The molecule has 0 radical (unpaired) electrons. The number of rotatable bonds is 2. The van der Waals surface area contributed by atoms with Crippen molar-refractivity contribution < 1.29 is 0 Å². The van der Waals surface area contributed by atoms with E-state index < -0.39 is 0 Å². The fourth-order valence-electron chi connectivity index (χ4n) is 6.57. The summed E-state index contributed by atoms with van der Waals surface area (Å²) in [5.41, 5.74) is 7.09. The molecule has 3 aromatic heterocycles. The summed E-state index contributed by atoms with van der Waals surface area (Å²) in [7, 11) is 0. The van der Waals surface area contributed by atoms with Crippen molar-refractivity contribution in [1.82, 2.24) is 14.1 Å². The summed E-state index contributed by atoms with van der Waals surface area (Å²) in [4.78, 5) is 4.63. The minimum Gasteiger partial charge on any atom is -0.309 e. The summed E-state index contributed by atoms with van der Waals surface area (Å²) in [6, 6.07) is 46.1. The van der Waals surface area contributed by atoms with E-state index in [1.807, 2.05) is 12.4 Å². The second kappa shape index (κ2) is 8.05. The van der Waals surface area contributed by atoms with Gasteiger partial charge in [-0.05, 0) is 59.3 Å². The highest BCUT2D eigenvalue weighted by Crippen LogP contribution is 2.39. The lowest BCUT2D eigenvalue weighted by molar-refractivity contribution is 1.16. The van der Waals surface area contributed by atoms with Crippen molar-refractivity contribution in [3.8, 4) is 11.4 Å². The zero-order chi connectivity index (χ0) is 26.2. The van der Waals surface area contributed by atoms with Crippen LogP contribution in [-0.2, 0) is 0 Å². The lowest BCUT2D eigenvalue weighted by Crippen LogP contribution is -1.96. The summed E-state index contributed by atoms with van der Waals surface area (Å²) in [6.07, 6.45) is 3.94. The molecule has 3 heteroatoms. The van der Waals surface area contributed by atoms with Gasteiger partial charge >= 0.3 is 0 Å². The van der Waals surface area contributed by atoms with Gasteiger partial charge in [0.1, 0.15) is 0 Å². The fourth-order valence-corrected chi connectivity index (χ4v) is 6.57. The predicted octanol–water partition coefficient (Wildman–Crippen LogP) is 9.58. The van der Waals surface area contributed by atoms with Crippen molar-refractivity contribution >= 4 is 65.2 Å². The molecular weight excluding hydrogens is 486 g/mol. The summed E-state index contributed by atoms with van der Waals surface area (Å²) < 4.78 is 4.77. The van der Waals surface area contributed by atoms with E-state index in [2.05, 4.69) is 142 Å². The Morgan fingerprint density at radius 3 is 1.65 bits per heavy atom. The number of hydrogen-bond acceptors (Lipinski definition) is 1. The van der Waals surface area contributed by atoms with Crippen LogP contribution in [0.25, 0.3) is 76.5 Å². The molecule has 0 aliphatic rings. The largest absolute Gasteiger partial charge is 0.309 e. The average molecular weight is 510 g/mol. The molecule has 9 aromatic rings. The van der Waals surface area contributed by atoms with Crippen LogP contribution in [-0.4, -0.2) is 14.1 Å². The van der Waals surface area contributed by atoms with Gasteiger partial charge in [0.05, 0.1) is 34.0 Å². The molecule has 0 aliphatic carbocycles. The van der Waals surface area contributed by atoms with Crippen LogP contribution in [0.2, 0.25) is 0 Å². The summed E-state index contributed by atoms with van der Waals surface area (Å²) in [5, 5.41) is 9.84. The van der Waals surface area contributed by atoms with Gasteiger partial charge in [-0.25, -0.2) is 0 Å². The summed E-state index contributed by atoms with van der Waals surface area (Å²) >= 11 is 0. The van der Waals surface area contributed by atoms with Gasteiger partial charge in [0.15, 0.2) is 0 Å². The number of aromatic nitrogens is 3. The highest BCUT2D eigenvalue weighted by atomic mass is 15.0. The minimum absolute atomic E-state index is 1.10. The molecule has 0 aliphatic heterocycles. The average Bonchev–Trinajstić information content (AvgIpc) is 3.51. The zero-order valence-corrected chi connectivity index (χ0v) is 21.6. The molecule has 0 N–H and O–H groups in total. The highest BCUT2D eigenvalue weighted by molar-refractivity contribution is 6.18. The first-order chi connectivity index (χ1) is 19.8. The normalized spacial score (nSPS) is 12.0. The Morgan fingerprint density at radius 2 is 0.925 bits per heavy atom. The first-order valence-corrected chi connectivity index (χ1v) is 13.6. The molecular formula is C37H23N3. The first kappa shape index (κ1) is 21.5. The van der Waals surface area contributed by atoms with Gasteiger partial charge in [0.25, 0.3) is 0 Å². The van der Waals surface area contributed by atoms with Crippen molar-refractivity contribution in [2.75, 3.05) is 0 Å². The minimum atomic E-state index is 1.10. The molecule has 9 rings (SSSR count). The second-order valence-electron chi connectivity index (χ2n) is 10.5. The lowest BCUT2D eigenvalue weighted by Gasteiger charge is -2.11. The monoisotopic (exact) mass is 509 g/mol. The first-order valence-electron chi connectivity index (χ1n) is 13.6. The Morgan fingerprint density at radius 1 is 0.375 bits per heavy atom. The van der Waals surface area contributed by atoms with Gasteiger partial charge in [-0.1, -0.05) is 78.9 Å². The molecule has 0 amide bonds. The zero-order valence-electron chi connectivity index (χ0n) is 21.6. The number of fused-ring (bicyclic) bond motifs is 8. The van der Waals surface area contributed by atoms with Gasteiger partial charge in [0, 0.05) is 44.2 Å². The van der Waals surface area contributed by atoms with E-state index >= 15 is 0 Å². The van der Waals surface area contributed by atoms with Gasteiger partial charge < -0.3 is 9.13 Å². The molecule has 0 saturated heterocycles. The van der Waals surface area contributed by atoms with Crippen molar-refractivity contribution in [2.45, 2.75) is 0 Å². The van der Waals surface area contributed by atoms with Gasteiger partial charge in [-0.2, -0.15) is 0 Å². The summed E-state index contributed by atoms with van der Waals surface area (Å²) in [5.74, 6) is 0. The van der Waals surface area contributed by atoms with Gasteiger partial charge in [0.2, 0.25) is 0 Å². The highest BCUT2D eigenvalue weighted by Gasteiger charge is 2.17. The van der Waals surface area contributed by atoms with Crippen LogP contribution in [0.3, 0.4) is 0 Å². The Hall–Kier alpha value is -5.41. The third-order valence-electron chi connectivity index (χ3n) is 8.32. The molecule has 6 aromatic carbocycles. The molecule has 3 heterocycles. The quantitative estimate of drug-likeness (QED) is 0.227. The molecule has 0 bridgehead atoms. The third-order valence-corrected chi connectivity index (χ3v) is 8.32. The molecule has 0 spiro atoms. The van der Waals surface area contributed by atoms with E-state index in [4.69, 9.17) is 0 Å². The van der Waals surface area contributed by atoms with E-state index in [0.29, 0.717) is 0 Å². The lowest BCUT2D eigenvalue weighted by atomic mass is 10.0. The Balaban J connectivity index is 1.44. The molecule has 0 saturated carbocycles. The molecule has 0 atom stereocenters. The fraction of sp³-hybridized carbons (Fsp3) is 0. The van der Waals surface area contributed by atoms with Crippen LogP contribution in [0.5, 0.6) is 0 Å². The topological polar surface area (TPSA) is 22.8 Å². The van der Waals surface area contributed by atoms with E-state index in [1.54, 1.807) is 0 Å². The molecule has 0 unspecified atom stereocenters. The number of nitrogens with zero attached hydrogens (tertiary/aromatic N) is 3.